The fourth-order valence-corrected chi connectivity index (χ4v) is 4.38. The van der Waals surface area contributed by atoms with Crippen molar-refractivity contribution in [3.8, 4) is 0 Å². The van der Waals surface area contributed by atoms with Gasteiger partial charge >= 0.3 is 0 Å². The molecule has 0 spiro atoms. The molecule has 2 aliphatic rings. The highest BCUT2D eigenvalue weighted by Crippen LogP contribution is 2.38. The van der Waals surface area contributed by atoms with Gasteiger partial charge in [-0.3, -0.25) is 24.5 Å². The number of nitrogens with one attached hydrogen (secondary N) is 2. The first-order chi connectivity index (χ1) is 16.6. The number of rotatable bonds is 8. The van der Waals surface area contributed by atoms with Crippen LogP contribution in [-0.2, 0) is 11.3 Å². The van der Waals surface area contributed by atoms with Crippen molar-refractivity contribution in [3.63, 3.8) is 0 Å². The van der Waals surface area contributed by atoms with Gasteiger partial charge < -0.3 is 15.0 Å². The second-order valence-electron chi connectivity index (χ2n) is 9.00. The number of aromatic amines is 1. The van der Waals surface area contributed by atoms with Gasteiger partial charge in [-0.1, -0.05) is 12.1 Å². The molecular formula is C26H29N5O3. The topological polar surface area (TPSA) is 100 Å². The molecule has 8 heteroatoms. The molecule has 4 heterocycles. The number of carbonyl (C=O) groups excluding carboxylic acids is 1. The monoisotopic (exact) mass is 459 g/mol. The number of H-pyrrole nitrogens is 1. The molecule has 1 aliphatic heterocycles. The highest BCUT2D eigenvalue weighted by Gasteiger charge is 2.26. The normalized spacial score (nSPS) is 16.4. The molecule has 34 heavy (non-hydrogen) atoms. The number of aromatic nitrogens is 3. The van der Waals surface area contributed by atoms with Crippen LogP contribution in [0, 0.1) is 0 Å². The van der Waals surface area contributed by atoms with E-state index in [-0.39, 0.29) is 11.5 Å². The van der Waals surface area contributed by atoms with Crippen LogP contribution in [0.3, 0.4) is 0 Å². The van der Waals surface area contributed by atoms with E-state index in [1.807, 2.05) is 24.4 Å². The highest BCUT2D eigenvalue weighted by molar-refractivity contribution is 5.92. The van der Waals surface area contributed by atoms with Gasteiger partial charge in [0.05, 0.1) is 17.6 Å². The summed E-state index contributed by atoms with van der Waals surface area (Å²) in [4.78, 5) is 38.8. The van der Waals surface area contributed by atoms with E-state index in [4.69, 9.17) is 4.74 Å². The molecule has 0 bridgehead atoms. The van der Waals surface area contributed by atoms with Crippen LogP contribution in [0.2, 0.25) is 0 Å². The first-order valence-electron chi connectivity index (χ1n) is 11.8. The molecule has 1 saturated carbocycles. The van der Waals surface area contributed by atoms with E-state index in [1.165, 1.54) is 5.57 Å². The van der Waals surface area contributed by atoms with Crippen molar-refractivity contribution in [1.82, 2.24) is 25.2 Å². The summed E-state index contributed by atoms with van der Waals surface area (Å²) in [5, 5.41) is 2.78. The lowest BCUT2D eigenvalue weighted by molar-refractivity contribution is 0.0932. The predicted molar refractivity (Wildman–Crippen MR) is 131 cm³/mol. The van der Waals surface area contributed by atoms with Crippen molar-refractivity contribution in [2.45, 2.75) is 31.7 Å². The Morgan fingerprint density at radius 3 is 2.82 bits per heavy atom. The van der Waals surface area contributed by atoms with Gasteiger partial charge in [-0.2, -0.15) is 0 Å². The van der Waals surface area contributed by atoms with Crippen LogP contribution < -0.4 is 10.9 Å². The molecule has 3 aromatic heterocycles. The van der Waals surface area contributed by atoms with Gasteiger partial charge in [0.25, 0.3) is 11.5 Å². The Morgan fingerprint density at radius 1 is 1.24 bits per heavy atom. The fourth-order valence-electron chi connectivity index (χ4n) is 4.38. The highest BCUT2D eigenvalue weighted by atomic mass is 16.5. The standard InChI is InChI=1S/C26H29N5O3/c1-34-11-8-27-26(33)22-5-4-20(15-29-22)18-6-9-31(10-7-18)16-17-12-24-23(28-14-17)13-21(19-2-3-19)25(32)30-24/h4-6,12-15,19H,2-3,7-11,16H2,1H3,(H,27,33)(H,30,32). The minimum atomic E-state index is -0.193. The van der Waals surface area contributed by atoms with Crippen LogP contribution in [0.5, 0.6) is 0 Å². The summed E-state index contributed by atoms with van der Waals surface area (Å²) in [5.41, 5.74) is 6.33. The predicted octanol–water partition coefficient (Wildman–Crippen LogP) is 2.86. The Bertz CT molecular complexity index is 1280. The van der Waals surface area contributed by atoms with E-state index in [9.17, 15) is 9.59 Å². The smallest absolute Gasteiger partial charge is 0.269 e. The third-order valence-electron chi connectivity index (χ3n) is 6.45. The fraction of sp³-hybridized carbons (Fsp3) is 0.385. The van der Waals surface area contributed by atoms with Gasteiger partial charge in [-0.05, 0) is 60.1 Å². The summed E-state index contributed by atoms with van der Waals surface area (Å²) in [6.07, 6.45) is 9.01. The van der Waals surface area contributed by atoms with Crippen molar-refractivity contribution >= 4 is 22.5 Å². The first kappa shape index (κ1) is 22.4. The zero-order valence-electron chi connectivity index (χ0n) is 19.3. The second kappa shape index (κ2) is 9.87. The van der Waals surface area contributed by atoms with Crippen LogP contribution >= 0.6 is 0 Å². The lowest BCUT2D eigenvalue weighted by Crippen LogP contribution is -2.28. The Hall–Kier alpha value is -3.36. The molecule has 3 aromatic rings. The van der Waals surface area contributed by atoms with Crippen molar-refractivity contribution < 1.29 is 9.53 Å². The number of carbonyl (C=O) groups is 1. The molecule has 0 aromatic carbocycles. The summed E-state index contributed by atoms with van der Waals surface area (Å²) >= 11 is 0. The maximum Gasteiger partial charge on any atom is 0.269 e. The minimum absolute atomic E-state index is 0.0200. The van der Waals surface area contributed by atoms with Gasteiger partial charge in [0.2, 0.25) is 0 Å². The van der Waals surface area contributed by atoms with E-state index in [1.54, 1.807) is 19.4 Å². The second-order valence-corrected chi connectivity index (χ2v) is 9.00. The van der Waals surface area contributed by atoms with E-state index < -0.39 is 0 Å². The summed E-state index contributed by atoms with van der Waals surface area (Å²) in [6.45, 7) is 3.45. The maximum absolute atomic E-state index is 12.4. The van der Waals surface area contributed by atoms with Gasteiger partial charge in [-0.25, -0.2) is 0 Å². The Kier molecular flexibility index (Phi) is 6.51. The van der Waals surface area contributed by atoms with E-state index in [2.05, 4.69) is 31.2 Å². The summed E-state index contributed by atoms with van der Waals surface area (Å²) < 4.78 is 4.95. The van der Waals surface area contributed by atoms with Gasteiger partial charge in [0.1, 0.15) is 5.69 Å². The molecule has 1 fully saturated rings. The summed E-state index contributed by atoms with van der Waals surface area (Å²) in [7, 11) is 1.60. The number of ether oxygens (including phenoxy) is 1. The maximum atomic E-state index is 12.4. The molecule has 8 nitrogen and oxygen atoms in total. The van der Waals surface area contributed by atoms with E-state index in [0.717, 1.165) is 66.6 Å². The molecule has 5 rings (SSSR count). The Labute approximate surface area is 198 Å². The molecule has 2 N–H and O–H groups in total. The Morgan fingerprint density at radius 2 is 2.12 bits per heavy atom. The van der Waals surface area contributed by atoms with E-state index in [0.29, 0.717) is 24.8 Å². The number of hydrogen-bond donors (Lipinski definition) is 2. The number of fused-ring (bicyclic) bond motifs is 1. The molecule has 176 valence electrons. The van der Waals surface area contributed by atoms with Crippen molar-refractivity contribution in [2.75, 3.05) is 33.4 Å². The van der Waals surface area contributed by atoms with Gasteiger partial charge in [0, 0.05) is 51.2 Å². The number of amides is 1. The van der Waals surface area contributed by atoms with Crippen molar-refractivity contribution in [1.29, 1.82) is 0 Å². The average molecular weight is 460 g/mol. The summed E-state index contributed by atoms with van der Waals surface area (Å²) in [5.74, 6) is 0.218. The first-order valence-corrected chi connectivity index (χ1v) is 11.8. The zero-order valence-corrected chi connectivity index (χ0v) is 19.3. The van der Waals surface area contributed by atoms with Crippen molar-refractivity contribution in [2.24, 2.45) is 0 Å². The number of methoxy groups -OCH3 is 1. The van der Waals surface area contributed by atoms with Gasteiger partial charge in [0.15, 0.2) is 0 Å². The molecule has 0 saturated heterocycles. The minimum Gasteiger partial charge on any atom is -0.383 e. The van der Waals surface area contributed by atoms with E-state index >= 15 is 0 Å². The quantitative estimate of drug-likeness (QED) is 0.503. The molecule has 0 atom stereocenters. The zero-order chi connectivity index (χ0) is 23.5. The van der Waals surface area contributed by atoms with Crippen LogP contribution in [0.4, 0.5) is 0 Å². The molecule has 1 aliphatic carbocycles. The third kappa shape index (κ3) is 5.08. The average Bonchev–Trinajstić information content (AvgIpc) is 3.70. The number of nitrogens with zero attached hydrogens (tertiary/aromatic N) is 3. The van der Waals surface area contributed by atoms with Crippen LogP contribution in [0.15, 0.2) is 47.5 Å². The molecular weight excluding hydrogens is 430 g/mol. The lowest BCUT2D eigenvalue weighted by Gasteiger charge is -2.26. The van der Waals surface area contributed by atoms with Crippen molar-refractivity contribution in [3.05, 3.63) is 75.5 Å². The van der Waals surface area contributed by atoms with Crippen LogP contribution in [-0.4, -0.2) is 59.1 Å². The van der Waals surface area contributed by atoms with Crippen LogP contribution in [0.25, 0.3) is 16.6 Å². The van der Waals surface area contributed by atoms with Gasteiger partial charge in [-0.15, -0.1) is 0 Å². The lowest BCUT2D eigenvalue weighted by atomic mass is 10.0. The summed E-state index contributed by atoms with van der Waals surface area (Å²) in [6, 6.07) is 7.72. The third-order valence-corrected chi connectivity index (χ3v) is 6.45. The molecule has 0 unspecified atom stereocenters. The number of pyridine rings is 3. The molecule has 1 amide bonds. The largest absolute Gasteiger partial charge is 0.383 e. The Balaban J connectivity index is 1.20. The SMILES string of the molecule is COCCNC(=O)c1ccc(C2=CCN(Cc3cnc4cc(C5CC5)c(=O)[nH]c4c3)CC2)cn1. The molecule has 0 radical (unpaired) electrons. The van der Waals surface area contributed by atoms with Crippen LogP contribution in [0.1, 0.15) is 52.4 Å². The number of hydrogen-bond acceptors (Lipinski definition) is 6.